The van der Waals surface area contributed by atoms with Gasteiger partial charge in [0.1, 0.15) is 0 Å². The van der Waals surface area contributed by atoms with Crippen molar-refractivity contribution in [2.45, 2.75) is 6.92 Å². The minimum atomic E-state index is -4.08. The third-order valence-electron chi connectivity index (χ3n) is 1.75. The van der Waals surface area contributed by atoms with Gasteiger partial charge < -0.3 is 0 Å². The molecule has 0 fully saturated rings. The molecule has 0 aliphatic rings. The van der Waals surface area contributed by atoms with Crippen molar-refractivity contribution >= 4 is 46.5 Å². The van der Waals surface area contributed by atoms with Crippen molar-refractivity contribution < 1.29 is 24.7 Å². The van der Waals surface area contributed by atoms with Crippen LogP contribution in [0.1, 0.15) is 6.92 Å². The fourth-order valence-corrected chi connectivity index (χ4v) is 11.5. The van der Waals surface area contributed by atoms with E-state index in [0.29, 0.717) is 5.49 Å². The molecular weight excluding hydrogens is 421 g/mol. The zero-order valence-corrected chi connectivity index (χ0v) is 14.8. The van der Waals surface area contributed by atoms with Crippen LogP contribution in [0.5, 0.6) is 0 Å². The second-order valence-corrected chi connectivity index (χ2v) is 12.9. The molecule has 0 amide bonds. The number of rotatable bonds is 5. The number of carbonyl (C=O) groups excluding carboxylic acids is 1. The van der Waals surface area contributed by atoms with E-state index in [1.165, 1.54) is 12.1 Å². The van der Waals surface area contributed by atoms with Crippen LogP contribution in [0.3, 0.4) is 0 Å². The SMILES string of the molecule is CC(=O)OI(c1ccccc1)N(S(C)(=O)=O)S(C)(=O)=O. The summed E-state index contributed by atoms with van der Waals surface area (Å²) in [6.07, 6.45) is 1.54. The molecule has 1 aromatic carbocycles. The molecule has 0 unspecified atom stereocenters. The summed E-state index contributed by atoms with van der Waals surface area (Å²) in [6.45, 7) is 1.11. The third kappa shape index (κ3) is 4.68. The van der Waals surface area contributed by atoms with E-state index in [1.807, 2.05) is 0 Å². The Morgan fingerprint density at radius 2 is 1.50 bits per heavy atom. The topological polar surface area (TPSA) is 97.8 Å². The molecule has 0 aliphatic carbocycles. The third-order valence-corrected chi connectivity index (χ3v) is 13.9. The van der Waals surface area contributed by atoms with E-state index in [2.05, 4.69) is 0 Å². The molecule has 0 bridgehead atoms. The summed E-state index contributed by atoms with van der Waals surface area (Å²) in [7, 11) is -8.16. The molecule has 0 heterocycles. The standard InChI is InChI=1S/C10H14INO6S2/c1-9(13)18-11(10-7-5-4-6-8-10)12(19(2,14)15)20(3,16)17/h4-8H,1-3H3. The van der Waals surface area contributed by atoms with Crippen LogP contribution in [0, 0.1) is 3.57 Å². The van der Waals surface area contributed by atoms with Gasteiger partial charge >= 0.3 is 126 Å². The van der Waals surface area contributed by atoms with Crippen molar-refractivity contribution in [2.75, 3.05) is 12.5 Å². The predicted octanol–water partition coefficient (Wildman–Crippen LogP) is 0.977. The molecule has 0 N–H and O–H groups in total. The van der Waals surface area contributed by atoms with Crippen LogP contribution in [0.25, 0.3) is 0 Å². The number of nitrogens with zero attached hydrogens (tertiary/aromatic N) is 1. The van der Waals surface area contributed by atoms with E-state index in [4.69, 9.17) is 3.07 Å². The molecule has 0 saturated heterocycles. The van der Waals surface area contributed by atoms with Crippen molar-refractivity contribution in [3.05, 3.63) is 33.9 Å². The first-order valence-corrected chi connectivity index (χ1v) is 11.8. The Hall–Kier alpha value is -0.720. The molecule has 7 nitrogen and oxygen atoms in total. The number of sulfonamides is 2. The number of hydrogen-bond acceptors (Lipinski definition) is 6. The van der Waals surface area contributed by atoms with Crippen molar-refractivity contribution in [3.8, 4) is 0 Å². The van der Waals surface area contributed by atoms with Crippen LogP contribution >= 0.6 is 20.5 Å². The van der Waals surface area contributed by atoms with Gasteiger partial charge in [-0.2, -0.15) is 0 Å². The molecule has 1 rings (SSSR count). The number of hydrogen-bond donors (Lipinski definition) is 0. The van der Waals surface area contributed by atoms with Gasteiger partial charge in [0.25, 0.3) is 0 Å². The van der Waals surface area contributed by atoms with Crippen LogP contribution in [-0.2, 0) is 27.9 Å². The average Bonchev–Trinajstić information content (AvgIpc) is 2.25. The number of halogens is 1. The van der Waals surface area contributed by atoms with Crippen LogP contribution < -0.4 is 0 Å². The molecular formula is C10H14INO6S2. The molecule has 10 heteroatoms. The normalized spacial score (nSPS) is 13.1. The summed E-state index contributed by atoms with van der Waals surface area (Å²) in [6, 6.07) is 8.00. The van der Waals surface area contributed by atoms with Crippen molar-refractivity contribution in [1.29, 1.82) is 0 Å². The van der Waals surface area contributed by atoms with Crippen LogP contribution in [0.15, 0.2) is 30.3 Å². The molecule has 0 radical (unpaired) electrons. The molecule has 114 valence electrons. The van der Waals surface area contributed by atoms with Gasteiger partial charge in [0.15, 0.2) is 0 Å². The first-order valence-electron chi connectivity index (χ1n) is 5.18. The fourth-order valence-electron chi connectivity index (χ4n) is 1.25. The van der Waals surface area contributed by atoms with Crippen molar-refractivity contribution in [1.82, 2.24) is 1.92 Å². The van der Waals surface area contributed by atoms with Gasteiger partial charge in [-0.25, -0.2) is 0 Å². The summed E-state index contributed by atoms with van der Waals surface area (Å²) >= 11 is -3.42. The monoisotopic (exact) mass is 435 g/mol. The molecule has 1 aromatic rings. The summed E-state index contributed by atoms with van der Waals surface area (Å²) in [5.74, 6) is -0.726. The van der Waals surface area contributed by atoms with Gasteiger partial charge in [-0.15, -0.1) is 0 Å². The average molecular weight is 435 g/mol. The Balaban J connectivity index is 3.46. The molecule has 0 spiro atoms. The second-order valence-electron chi connectivity index (χ2n) is 3.77. The van der Waals surface area contributed by atoms with Crippen LogP contribution in [0.2, 0.25) is 0 Å². The van der Waals surface area contributed by atoms with Crippen molar-refractivity contribution in [3.63, 3.8) is 0 Å². The maximum atomic E-state index is 11.8. The van der Waals surface area contributed by atoms with Gasteiger partial charge in [-0.3, -0.25) is 0 Å². The fraction of sp³-hybridized carbons (Fsp3) is 0.300. The summed E-state index contributed by atoms with van der Waals surface area (Å²) < 4.78 is 52.8. The van der Waals surface area contributed by atoms with E-state index < -0.39 is 46.5 Å². The summed E-state index contributed by atoms with van der Waals surface area (Å²) in [5.41, 5.74) is 0. The zero-order valence-electron chi connectivity index (χ0n) is 11.0. The molecule has 0 aliphatic heterocycles. The molecule has 20 heavy (non-hydrogen) atoms. The Morgan fingerprint density at radius 3 is 1.85 bits per heavy atom. The van der Waals surface area contributed by atoms with Crippen molar-refractivity contribution in [2.24, 2.45) is 0 Å². The van der Waals surface area contributed by atoms with Crippen LogP contribution in [-0.4, -0.2) is 37.2 Å². The first-order chi connectivity index (χ1) is 9.03. The summed E-state index contributed by atoms with van der Waals surface area (Å²) in [4.78, 5) is 11.2. The van der Waals surface area contributed by atoms with Gasteiger partial charge in [-0.05, 0) is 0 Å². The Labute approximate surface area is 126 Å². The van der Waals surface area contributed by atoms with E-state index in [1.54, 1.807) is 18.2 Å². The number of carbonyl (C=O) groups is 1. The first kappa shape index (κ1) is 17.3. The van der Waals surface area contributed by atoms with E-state index in [9.17, 15) is 21.6 Å². The van der Waals surface area contributed by atoms with E-state index >= 15 is 0 Å². The van der Waals surface area contributed by atoms with Gasteiger partial charge in [0.2, 0.25) is 0 Å². The van der Waals surface area contributed by atoms with E-state index in [0.717, 1.165) is 19.4 Å². The minimum absolute atomic E-state index is 0.334. The zero-order chi connectivity index (χ0) is 15.6. The second kappa shape index (κ2) is 6.37. The van der Waals surface area contributed by atoms with Gasteiger partial charge in [-0.1, -0.05) is 0 Å². The van der Waals surface area contributed by atoms with Gasteiger partial charge in [0, 0.05) is 0 Å². The molecule has 0 aromatic heterocycles. The maximum absolute atomic E-state index is 11.8. The van der Waals surface area contributed by atoms with Crippen LogP contribution in [0.4, 0.5) is 0 Å². The Morgan fingerprint density at radius 1 is 1.05 bits per heavy atom. The quantitative estimate of drug-likeness (QED) is 0.505. The van der Waals surface area contributed by atoms with Gasteiger partial charge in [0.05, 0.1) is 0 Å². The predicted molar refractivity (Wildman–Crippen MR) is 82.5 cm³/mol. The number of benzene rings is 1. The summed E-state index contributed by atoms with van der Waals surface area (Å²) in [5, 5.41) is 0. The van der Waals surface area contributed by atoms with E-state index in [-0.39, 0.29) is 0 Å². The Kier molecular flexibility index (Phi) is 5.52. The molecule has 0 saturated carbocycles. The molecule has 0 atom stereocenters. The Bertz CT molecular complexity index is 654.